The number of nitrogen functional groups attached to an aromatic ring is 1. The highest BCUT2D eigenvalue weighted by Gasteiger charge is 2.40. The van der Waals surface area contributed by atoms with E-state index in [0.717, 1.165) is 10.6 Å². The van der Waals surface area contributed by atoms with Gasteiger partial charge >= 0.3 is 6.18 Å². The third kappa shape index (κ3) is 4.46. The van der Waals surface area contributed by atoms with Gasteiger partial charge in [0.15, 0.2) is 11.5 Å². The van der Waals surface area contributed by atoms with Crippen LogP contribution in [0.5, 0.6) is 5.75 Å². The number of methoxy groups -OCH3 is 1. The number of hydrogen-bond acceptors (Lipinski definition) is 7. The largest absolute Gasteiger partial charge is 0.494 e. The highest BCUT2D eigenvalue weighted by atomic mass is 19.4. The smallest absolute Gasteiger partial charge is 0.407 e. The molecule has 0 aliphatic carbocycles. The Kier molecular flexibility index (Phi) is 5.82. The van der Waals surface area contributed by atoms with Crippen molar-refractivity contribution in [1.82, 2.24) is 24.9 Å². The zero-order chi connectivity index (χ0) is 24.8. The second-order valence-corrected chi connectivity index (χ2v) is 8.27. The van der Waals surface area contributed by atoms with Gasteiger partial charge in [0.1, 0.15) is 23.1 Å². The van der Waals surface area contributed by atoms with Gasteiger partial charge in [-0.1, -0.05) is 24.3 Å². The minimum atomic E-state index is -4.61. The van der Waals surface area contributed by atoms with Gasteiger partial charge in [-0.15, -0.1) is 5.10 Å². The summed E-state index contributed by atoms with van der Waals surface area (Å²) in [6.07, 6.45) is -4.61. The Bertz CT molecular complexity index is 1350. The summed E-state index contributed by atoms with van der Waals surface area (Å²) in [7, 11) is 1.35. The summed E-state index contributed by atoms with van der Waals surface area (Å²) in [5.41, 5.74) is 5.59. The van der Waals surface area contributed by atoms with Crippen LogP contribution in [0, 0.1) is 5.82 Å². The summed E-state index contributed by atoms with van der Waals surface area (Å²) in [5.74, 6) is -0.544. The van der Waals surface area contributed by atoms with E-state index in [0.29, 0.717) is 5.56 Å². The molecule has 0 spiro atoms. The Morgan fingerprint density at radius 2 is 1.82 bits per heavy atom. The van der Waals surface area contributed by atoms with Gasteiger partial charge in [-0.3, -0.25) is 5.32 Å². The van der Waals surface area contributed by atoms with Crippen LogP contribution in [0.25, 0.3) is 16.6 Å². The second kappa shape index (κ2) is 8.37. The average molecular weight is 478 g/mol. The summed E-state index contributed by atoms with van der Waals surface area (Å²) < 4.78 is 61.7. The van der Waals surface area contributed by atoms with Crippen molar-refractivity contribution in [2.45, 2.75) is 38.2 Å². The molecule has 2 heterocycles. The third-order valence-corrected chi connectivity index (χ3v) is 5.34. The molecular formula is C22H22F4N6O2. The molecule has 0 saturated carbocycles. The third-order valence-electron chi connectivity index (χ3n) is 5.34. The molecule has 4 rings (SSSR count). The molecule has 4 N–H and O–H groups in total. The van der Waals surface area contributed by atoms with E-state index < -0.39 is 23.6 Å². The van der Waals surface area contributed by atoms with Crippen LogP contribution >= 0.6 is 0 Å². The molecule has 0 amide bonds. The van der Waals surface area contributed by atoms with Gasteiger partial charge in [0, 0.05) is 6.07 Å². The number of nitrogens with two attached hydrogens (primary N) is 1. The number of nitrogens with one attached hydrogen (secondary N) is 1. The van der Waals surface area contributed by atoms with Gasteiger partial charge in [-0.25, -0.2) is 14.4 Å². The average Bonchev–Trinajstić information content (AvgIpc) is 3.18. The zero-order valence-corrected chi connectivity index (χ0v) is 18.5. The number of benzene rings is 2. The molecule has 0 saturated heterocycles. The van der Waals surface area contributed by atoms with Crippen molar-refractivity contribution >= 4 is 22.5 Å². The number of nitrogens with zero attached hydrogens (tertiary/aromatic N) is 4. The number of aliphatic hydroxyl groups is 1. The predicted octanol–water partition coefficient (Wildman–Crippen LogP) is 3.63. The molecule has 180 valence electrons. The monoisotopic (exact) mass is 478 g/mol. The van der Waals surface area contributed by atoms with Gasteiger partial charge in [-0.05, 0) is 31.0 Å². The Morgan fingerprint density at radius 1 is 1.15 bits per heavy atom. The van der Waals surface area contributed by atoms with Gasteiger partial charge in [0.2, 0.25) is 5.95 Å². The van der Waals surface area contributed by atoms with Crippen LogP contribution in [0.4, 0.5) is 23.5 Å². The number of ether oxygens (including phenoxy) is 1. The van der Waals surface area contributed by atoms with E-state index in [-0.39, 0.29) is 46.2 Å². The normalized spacial score (nSPS) is 13.5. The molecule has 0 fully saturated rings. The first-order valence-corrected chi connectivity index (χ1v) is 10.2. The number of aromatic nitrogens is 4. The molecule has 0 aliphatic rings. The maximum atomic E-state index is 14.0. The van der Waals surface area contributed by atoms with Crippen LogP contribution in [0.15, 0.2) is 36.4 Å². The Hall–Kier alpha value is -3.51. The second-order valence-electron chi connectivity index (χ2n) is 8.27. The topological polar surface area (TPSA) is 111 Å². The first kappa shape index (κ1) is 23.6. The number of halogens is 4. The minimum Gasteiger partial charge on any atom is -0.494 e. The maximum absolute atomic E-state index is 14.0. The molecule has 1 unspecified atom stereocenters. The SMILES string of the molecule is COc1cc(F)cc2c1nc(N)n1nc(CNC(c3ccc(C(C)(C)O)cc3)C(F)(F)F)nc21. The van der Waals surface area contributed by atoms with E-state index in [9.17, 15) is 22.7 Å². The number of rotatable bonds is 6. The lowest BCUT2D eigenvalue weighted by Crippen LogP contribution is -2.34. The first-order chi connectivity index (χ1) is 15.9. The minimum absolute atomic E-state index is 0.00610. The van der Waals surface area contributed by atoms with E-state index in [1.54, 1.807) is 13.8 Å². The fourth-order valence-corrected chi connectivity index (χ4v) is 3.64. The highest BCUT2D eigenvalue weighted by Crippen LogP contribution is 2.34. The van der Waals surface area contributed by atoms with Crippen LogP contribution in [0.1, 0.15) is 36.8 Å². The molecule has 34 heavy (non-hydrogen) atoms. The van der Waals surface area contributed by atoms with Gasteiger partial charge in [-0.2, -0.15) is 17.7 Å². The summed E-state index contributed by atoms with van der Waals surface area (Å²) >= 11 is 0. The van der Waals surface area contributed by atoms with Crippen molar-refractivity contribution in [2.75, 3.05) is 12.8 Å². The summed E-state index contributed by atoms with van der Waals surface area (Å²) in [6.45, 7) is 2.73. The van der Waals surface area contributed by atoms with Crippen LogP contribution in [0.2, 0.25) is 0 Å². The van der Waals surface area contributed by atoms with E-state index in [1.165, 1.54) is 37.4 Å². The first-order valence-electron chi connectivity index (χ1n) is 10.2. The Morgan fingerprint density at radius 3 is 2.41 bits per heavy atom. The van der Waals surface area contributed by atoms with Crippen molar-refractivity contribution < 1.29 is 27.4 Å². The fraction of sp³-hybridized carbons (Fsp3) is 0.318. The van der Waals surface area contributed by atoms with Crippen LogP contribution in [0.3, 0.4) is 0 Å². The van der Waals surface area contributed by atoms with Crippen molar-refractivity contribution in [1.29, 1.82) is 0 Å². The predicted molar refractivity (Wildman–Crippen MR) is 117 cm³/mol. The molecule has 4 aromatic rings. The van der Waals surface area contributed by atoms with Crippen molar-refractivity contribution in [3.63, 3.8) is 0 Å². The summed E-state index contributed by atoms with van der Waals surface area (Å²) in [4.78, 5) is 8.42. The van der Waals surface area contributed by atoms with Crippen molar-refractivity contribution in [3.05, 3.63) is 59.2 Å². The Balaban J connectivity index is 1.67. The molecule has 0 bridgehead atoms. The van der Waals surface area contributed by atoms with Crippen molar-refractivity contribution in [2.24, 2.45) is 0 Å². The van der Waals surface area contributed by atoms with E-state index in [4.69, 9.17) is 10.5 Å². The Labute approximate surface area is 191 Å². The lowest BCUT2D eigenvalue weighted by Gasteiger charge is -2.23. The molecule has 8 nitrogen and oxygen atoms in total. The lowest BCUT2D eigenvalue weighted by atomic mass is 9.95. The van der Waals surface area contributed by atoms with Crippen LogP contribution in [-0.4, -0.2) is 38.0 Å². The zero-order valence-electron chi connectivity index (χ0n) is 18.5. The molecule has 1 atom stereocenters. The highest BCUT2D eigenvalue weighted by molar-refractivity contribution is 5.95. The van der Waals surface area contributed by atoms with E-state index in [1.807, 2.05) is 0 Å². The van der Waals surface area contributed by atoms with E-state index >= 15 is 0 Å². The van der Waals surface area contributed by atoms with Crippen LogP contribution < -0.4 is 15.8 Å². The number of anilines is 1. The molecule has 2 aromatic carbocycles. The quantitative estimate of drug-likeness (QED) is 0.363. The van der Waals surface area contributed by atoms with Crippen LogP contribution in [-0.2, 0) is 12.1 Å². The number of fused-ring (bicyclic) bond motifs is 3. The molecular weight excluding hydrogens is 456 g/mol. The van der Waals surface area contributed by atoms with Gasteiger partial charge < -0.3 is 15.6 Å². The molecule has 0 aliphatic heterocycles. The lowest BCUT2D eigenvalue weighted by molar-refractivity contribution is -0.158. The van der Waals surface area contributed by atoms with Gasteiger partial charge in [0.25, 0.3) is 0 Å². The maximum Gasteiger partial charge on any atom is 0.407 e. The van der Waals surface area contributed by atoms with Crippen molar-refractivity contribution in [3.8, 4) is 5.75 Å². The number of hydrogen-bond donors (Lipinski definition) is 3. The number of alkyl halides is 3. The molecule has 0 radical (unpaired) electrons. The van der Waals surface area contributed by atoms with Gasteiger partial charge in [0.05, 0.1) is 24.6 Å². The van der Waals surface area contributed by atoms with E-state index in [2.05, 4.69) is 20.4 Å². The summed E-state index contributed by atoms with van der Waals surface area (Å²) in [6, 6.07) is 5.80. The fourth-order valence-electron chi connectivity index (χ4n) is 3.64. The molecule has 12 heteroatoms. The summed E-state index contributed by atoms with van der Waals surface area (Å²) in [5, 5.41) is 16.9. The molecule has 2 aromatic heterocycles. The standard InChI is InChI=1S/C22H22F4N6O2/c1-21(2,33)12-6-4-11(5-7-12)18(22(24,25)26)28-10-16-29-19-14-8-13(23)9-15(34-3)17(14)30-20(27)32(19)31-16/h4-9,18,28,33H,10H2,1-3H3,(H2,27,30).